The van der Waals surface area contributed by atoms with Crippen LogP contribution in [0.25, 0.3) is 56.1 Å². The predicted octanol–water partition coefficient (Wildman–Crippen LogP) is 9.05. The molecule has 2 aromatic heterocycles. The minimum Gasteiger partial charge on any atom is -0.456 e. The number of amidine groups is 1. The van der Waals surface area contributed by atoms with E-state index in [0.29, 0.717) is 17.5 Å². The van der Waals surface area contributed by atoms with Crippen molar-refractivity contribution in [2.75, 3.05) is 0 Å². The van der Waals surface area contributed by atoms with Crippen LogP contribution in [0, 0.1) is 0 Å². The van der Waals surface area contributed by atoms with Crippen LogP contribution in [-0.4, -0.2) is 27.1 Å². The van der Waals surface area contributed by atoms with E-state index in [-0.39, 0.29) is 0 Å². The van der Waals surface area contributed by atoms with Crippen molar-refractivity contribution in [1.82, 2.24) is 20.3 Å². The van der Waals surface area contributed by atoms with E-state index in [2.05, 4.69) is 29.6 Å². The smallest absolute Gasteiger partial charge is 0.205 e. The van der Waals surface area contributed by atoms with E-state index in [1.807, 2.05) is 133 Å². The molecule has 0 saturated heterocycles. The standard InChI is InChI=1S/C42H28N6O/c1-5-14-28(15-6-1)38-43-27-44-42(48-38,31-20-11-4-12-21-31)32-24-25-35-34(26-32)37-33(22-13-23-36(37)49-35)41-46-39(29-16-7-2-8-17-29)45-40(47-41)30-18-9-3-10-19-30/h1-27H,(H,43,44,48). The highest BCUT2D eigenvalue weighted by molar-refractivity contribution is 6.12. The summed E-state index contributed by atoms with van der Waals surface area (Å²) in [6, 6.07) is 52.5. The third kappa shape index (κ3) is 5.05. The van der Waals surface area contributed by atoms with Crippen molar-refractivity contribution < 1.29 is 4.42 Å². The number of nitrogens with one attached hydrogen (secondary N) is 1. The van der Waals surface area contributed by atoms with Crippen molar-refractivity contribution in [2.45, 2.75) is 5.66 Å². The molecule has 9 rings (SSSR count). The molecule has 6 aromatic carbocycles. The molecule has 1 aliphatic heterocycles. The zero-order valence-corrected chi connectivity index (χ0v) is 26.2. The second-order valence-electron chi connectivity index (χ2n) is 11.8. The molecule has 8 aromatic rings. The van der Waals surface area contributed by atoms with Gasteiger partial charge in [-0.1, -0.05) is 140 Å². The lowest BCUT2D eigenvalue weighted by molar-refractivity contribution is 0.567. The zero-order chi connectivity index (χ0) is 32.6. The van der Waals surface area contributed by atoms with Crippen LogP contribution in [0.5, 0.6) is 0 Å². The first-order chi connectivity index (χ1) is 24.2. The summed E-state index contributed by atoms with van der Waals surface area (Å²) in [7, 11) is 0. The minimum atomic E-state index is -1.03. The Bertz CT molecular complexity index is 2450. The van der Waals surface area contributed by atoms with Gasteiger partial charge in [-0.2, -0.15) is 0 Å². The molecule has 7 nitrogen and oxygen atoms in total. The van der Waals surface area contributed by atoms with Gasteiger partial charge in [0.15, 0.2) is 17.5 Å². The van der Waals surface area contributed by atoms with E-state index in [1.165, 1.54) is 0 Å². The Hall–Kier alpha value is -6.73. The number of nitrogens with zero attached hydrogens (tertiary/aromatic N) is 5. The topological polar surface area (TPSA) is 88.6 Å². The second kappa shape index (κ2) is 11.8. The lowest BCUT2D eigenvalue weighted by Crippen LogP contribution is -2.36. The summed E-state index contributed by atoms with van der Waals surface area (Å²) in [5.41, 5.74) is 5.96. The number of fused-ring (bicyclic) bond motifs is 3. The molecule has 49 heavy (non-hydrogen) atoms. The fraction of sp³-hybridized carbons (Fsp3) is 0.0238. The van der Waals surface area contributed by atoms with E-state index < -0.39 is 5.66 Å². The molecule has 0 bridgehead atoms. The maximum atomic E-state index is 6.46. The van der Waals surface area contributed by atoms with Crippen LogP contribution >= 0.6 is 0 Å². The summed E-state index contributed by atoms with van der Waals surface area (Å²) >= 11 is 0. The normalized spacial score (nSPS) is 15.6. The molecule has 232 valence electrons. The molecule has 7 heteroatoms. The van der Waals surface area contributed by atoms with Crippen molar-refractivity contribution in [3.8, 4) is 34.2 Å². The Morgan fingerprint density at radius 3 is 1.73 bits per heavy atom. The lowest BCUT2D eigenvalue weighted by Gasteiger charge is -2.31. The molecule has 0 amide bonds. The van der Waals surface area contributed by atoms with Gasteiger partial charge in [-0.05, 0) is 18.2 Å². The Morgan fingerprint density at radius 2 is 1.08 bits per heavy atom. The molecule has 0 saturated carbocycles. The van der Waals surface area contributed by atoms with Gasteiger partial charge in [0.05, 0.1) is 6.34 Å². The van der Waals surface area contributed by atoms with Crippen LogP contribution in [0.3, 0.4) is 0 Å². The summed E-state index contributed by atoms with van der Waals surface area (Å²) in [5.74, 6) is 2.51. The number of aromatic nitrogens is 3. The highest BCUT2D eigenvalue weighted by Crippen LogP contribution is 2.42. The molecule has 0 radical (unpaired) electrons. The molecule has 3 heterocycles. The van der Waals surface area contributed by atoms with Crippen LogP contribution in [0.4, 0.5) is 0 Å². The average Bonchev–Trinajstić information content (AvgIpc) is 3.57. The summed E-state index contributed by atoms with van der Waals surface area (Å²) in [4.78, 5) is 25.3. The van der Waals surface area contributed by atoms with Crippen molar-refractivity contribution >= 4 is 34.1 Å². The van der Waals surface area contributed by atoms with Crippen LogP contribution in [0.1, 0.15) is 16.7 Å². The van der Waals surface area contributed by atoms with Crippen LogP contribution in [0.15, 0.2) is 172 Å². The Morgan fingerprint density at radius 1 is 0.490 bits per heavy atom. The Labute approximate surface area is 282 Å². The van der Waals surface area contributed by atoms with Crippen molar-refractivity contribution in [3.05, 3.63) is 174 Å². The molecule has 1 aliphatic rings. The molecule has 0 spiro atoms. The van der Waals surface area contributed by atoms with Gasteiger partial charge in [0, 0.05) is 44.2 Å². The highest BCUT2D eigenvalue weighted by Gasteiger charge is 2.36. The van der Waals surface area contributed by atoms with E-state index in [0.717, 1.165) is 61.2 Å². The Balaban J connectivity index is 1.28. The predicted molar refractivity (Wildman–Crippen MR) is 195 cm³/mol. The van der Waals surface area contributed by atoms with E-state index >= 15 is 0 Å². The van der Waals surface area contributed by atoms with E-state index in [1.54, 1.807) is 6.34 Å². The number of furan rings is 1. The summed E-state index contributed by atoms with van der Waals surface area (Å²) in [5, 5.41) is 5.11. The summed E-state index contributed by atoms with van der Waals surface area (Å²) in [6.07, 6.45) is 1.74. The van der Waals surface area contributed by atoms with Crippen molar-refractivity contribution in [1.29, 1.82) is 0 Å². The van der Waals surface area contributed by atoms with Crippen molar-refractivity contribution in [3.63, 3.8) is 0 Å². The van der Waals surface area contributed by atoms with Gasteiger partial charge in [0.2, 0.25) is 5.66 Å². The largest absolute Gasteiger partial charge is 0.456 e. The molecular weight excluding hydrogens is 605 g/mol. The first-order valence-corrected chi connectivity index (χ1v) is 16.1. The number of rotatable bonds is 6. The van der Waals surface area contributed by atoms with E-state index in [4.69, 9.17) is 29.4 Å². The van der Waals surface area contributed by atoms with Crippen LogP contribution < -0.4 is 5.32 Å². The van der Waals surface area contributed by atoms with Crippen LogP contribution in [0.2, 0.25) is 0 Å². The van der Waals surface area contributed by atoms with Crippen LogP contribution in [-0.2, 0) is 5.66 Å². The average molecular weight is 633 g/mol. The maximum absolute atomic E-state index is 6.46. The summed E-state index contributed by atoms with van der Waals surface area (Å²) < 4.78 is 6.46. The summed E-state index contributed by atoms with van der Waals surface area (Å²) in [6.45, 7) is 0. The molecular formula is C42H28N6O. The van der Waals surface area contributed by atoms with Gasteiger partial charge in [-0.3, -0.25) is 0 Å². The van der Waals surface area contributed by atoms with Gasteiger partial charge in [0.25, 0.3) is 0 Å². The van der Waals surface area contributed by atoms with Gasteiger partial charge >= 0.3 is 0 Å². The fourth-order valence-electron chi connectivity index (χ4n) is 6.43. The third-order valence-corrected chi connectivity index (χ3v) is 8.79. The zero-order valence-electron chi connectivity index (χ0n) is 26.2. The lowest BCUT2D eigenvalue weighted by atomic mass is 9.90. The number of benzene rings is 6. The number of aliphatic imine (C=N–C) groups is 2. The van der Waals surface area contributed by atoms with E-state index in [9.17, 15) is 0 Å². The molecule has 0 fully saturated rings. The van der Waals surface area contributed by atoms with Gasteiger partial charge in [0.1, 0.15) is 17.0 Å². The van der Waals surface area contributed by atoms with Crippen molar-refractivity contribution in [2.24, 2.45) is 9.98 Å². The quantitative estimate of drug-likeness (QED) is 0.198. The van der Waals surface area contributed by atoms with Gasteiger partial charge in [-0.15, -0.1) is 0 Å². The fourth-order valence-corrected chi connectivity index (χ4v) is 6.43. The highest BCUT2D eigenvalue weighted by atomic mass is 16.3. The first kappa shape index (κ1) is 28.5. The Kier molecular flexibility index (Phi) is 6.87. The number of hydrogen-bond donors (Lipinski definition) is 1. The third-order valence-electron chi connectivity index (χ3n) is 8.79. The first-order valence-electron chi connectivity index (χ1n) is 16.1. The number of hydrogen-bond acceptors (Lipinski definition) is 7. The molecule has 0 aliphatic carbocycles. The molecule has 1 atom stereocenters. The van der Waals surface area contributed by atoms with Gasteiger partial charge < -0.3 is 9.73 Å². The monoisotopic (exact) mass is 632 g/mol. The molecule has 1 unspecified atom stereocenters. The maximum Gasteiger partial charge on any atom is 0.205 e. The second-order valence-corrected chi connectivity index (χ2v) is 11.8. The molecule has 1 N–H and O–H groups in total. The SMILES string of the molecule is C1=NC(c2ccccc2)(c2ccc3oc4cccc(-c5nc(-c6ccccc6)nc(-c6ccccc6)n5)c4c3c2)N=C(c2ccccc2)N1. The van der Waals surface area contributed by atoms with Gasteiger partial charge in [-0.25, -0.2) is 24.9 Å². The minimum absolute atomic E-state index is 0.563.